The van der Waals surface area contributed by atoms with Crippen LogP contribution in [0.3, 0.4) is 0 Å². The Morgan fingerprint density at radius 3 is 2.43 bits per heavy atom. The third-order valence-electron chi connectivity index (χ3n) is 3.39. The molecule has 0 atom stereocenters. The fourth-order valence-corrected chi connectivity index (χ4v) is 2.17. The number of ether oxygens (including phenoxy) is 1. The van der Waals surface area contributed by atoms with Gasteiger partial charge in [-0.25, -0.2) is 0 Å². The summed E-state index contributed by atoms with van der Waals surface area (Å²) < 4.78 is 5.19. The minimum atomic E-state index is -0.254. The summed E-state index contributed by atoms with van der Waals surface area (Å²) in [7, 11) is 1.51. The first kappa shape index (κ1) is 16.5. The van der Waals surface area contributed by atoms with Crippen molar-refractivity contribution in [2.24, 2.45) is 0 Å². The number of rotatable bonds is 6. The van der Waals surface area contributed by atoms with E-state index in [0.717, 1.165) is 5.56 Å². The van der Waals surface area contributed by atoms with Crippen molar-refractivity contribution in [3.8, 4) is 11.5 Å². The van der Waals surface area contributed by atoms with Gasteiger partial charge in [0.05, 0.1) is 12.7 Å². The molecule has 5 heteroatoms. The molecule has 2 aromatic carbocycles. The number of aryl methyl sites for hydroxylation is 1. The molecule has 0 aromatic heterocycles. The quantitative estimate of drug-likeness (QED) is 0.633. The van der Waals surface area contributed by atoms with Crippen LogP contribution < -0.4 is 10.1 Å². The predicted molar refractivity (Wildman–Crippen MR) is 88.0 cm³/mol. The second-order valence-corrected chi connectivity index (χ2v) is 5.22. The Labute approximate surface area is 134 Å². The number of ketones is 1. The first-order valence-corrected chi connectivity index (χ1v) is 7.26. The lowest BCUT2D eigenvalue weighted by atomic mass is 10.0. The van der Waals surface area contributed by atoms with E-state index in [4.69, 9.17) is 4.74 Å². The van der Waals surface area contributed by atoms with Gasteiger partial charge in [0.2, 0.25) is 5.91 Å². The smallest absolute Gasteiger partial charge is 0.224 e. The molecular formula is C18H19NO4. The van der Waals surface area contributed by atoms with Crippen LogP contribution in [0.15, 0.2) is 42.5 Å². The minimum Gasteiger partial charge on any atom is -0.508 e. The molecule has 0 aliphatic carbocycles. The predicted octanol–water partition coefficient (Wildman–Crippen LogP) is 3.31. The van der Waals surface area contributed by atoms with Gasteiger partial charge in [0.15, 0.2) is 5.78 Å². The van der Waals surface area contributed by atoms with E-state index in [0.29, 0.717) is 17.0 Å². The molecule has 2 rings (SSSR count). The van der Waals surface area contributed by atoms with Gasteiger partial charge in [0.25, 0.3) is 0 Å². The lowest BCUT2D eigenvalue weighted by Crippen LogP contribution is -2.13. The van der Waals surface area contributed by atoms with Crippen molar-refractivity contribution in [2.75, 3.05) is 12.4 Å². The molecule has 0 aliphatic rings. The topological polar surface area (TPSA) is 75.6 Å². The molecule has 2 N–H and O–H groups in total. The van der Waals surface area contributed by atoms with Crippen molar-refractivity contribution in [1.29, 1.82) is 0 Å². The van der Waals surface area contributed by atoms with Crippen molar-refractivity contribution in [1.82, 2.24) is 0 Å². The molecule has 0 radical (unpaired) electrons. The Hall–Kier alpha value is -2.82. The van der Waals surface area contributed by atoms with Crippen LogP contribution in [-0.4, -0.2) is 23.9 Å². The van der Waals surface area contributed by atoms with Crippen LogP contribution in [0.1, 0.15) is 28.8 Å². The third kappa shape index (κ3) is 4.57. The van der Waals surface area contributed by atoms with E-state index in [-0.39, 0.29) is 30.3 Å². The van der Waals surface area contributed by atoms with Crippen molar-refractivity contribution < 1.29 is 19.4 Å². The maximum absolute atomic E-state index is 12.3. The average molecular weight is 313 g/mol. The lowest BCUT2D eigenvalue weighted by molar-refractivity contribution is -0.116. The van der Waals surface area contributed by atoms with Gasteiger partial charge < -0.3 is 15.2 Å². The molecule has 23 heavy (non-hydrogen) atoms. The standard InChI is InChI=1S/C18H19NO4/c1-12-3-9-17(23-2)15(11-12)16(21)8-10-18(22)19-13-4-6-14(20)7-5-13/h3-7,9,11,20H,8,10H2,1-2H3,(H,19,22). The SMILES string of the molecule is COc1ccc(C)cc1C(=O)CCC(=O)Nc1ccc(O)cc1. The van der Waals surface area contributed by atoms with Gasteiger partial charge in [-0.2, -0.15) is 0 Å². The summed E-state index contributed by atoms with van der Waals surface area (Å²) in [5, 5.41) is 11.9. The van der Waals surface area contributed by atoms with E-state index in [2.05, 4.69) is 5.32 Å². The Morgan fingerprint density at radius 1 is 1.09 bits per heavy atom. The maximum Gasteiger partial charge on any atom is 0.224 e. The van der Waals surface area contributed by atoms with Crippen molar-refractivity contribution in [3.05, 3.63) is 53.6 Å². The van der Waals surface area contributed by atoms with Gasteiger partial charge in [-0.05, 0) is 43.3 Å². The second kappa shape index (κ2) is 7.45. The lowest BCUT2D eigenvalue weighted by Gasteiger charge is -2.09. The number of methoxy groups -OCH3 is 1. The van der Waals surface area contributed by atoms with Gasteiger partial charge in [-0.15, -0.1) is 0 Å². The second-order valence-electron chi connectivity index (χ2n) is 5.22. The van der Waals surface area contributed by atoms with Gasteiger partial charge in [0, 0.05) is 18.5 Å². The van der Waals surface area contributed by atoms with Crippen LogP contribution in [0.25, 0.3) is 0 Å². The summed E-state index contributed by atoms with van der Waals surface area (Å²) >= 11 is 0. The van der Waals surface area contributed by atoms with Crippen LogP contribution in [-0.2, 0) is 4.79 Å². The molecular weight excluding hydrogens is 294 g/mol. The van der Waals surface area contributed by atoms with Crippen LogP contribution >= 0.6 is 0 Å². The number of hydrogen-bond acceptors (Lipinski definition) is 4. The number of anilines is 1. The molecule has 0 fully saturated rings. The molecule has 0 unspecified atom stereocenters. The summed E-state index contributed by atoms with van der Waals surface area (Å²) in [5.41, 5.74) is 2.03. The number of hydrogen-bond donors (Lipinski definition) is 2. The van der Waals surface area contributed by atoms with Crippen LogP contribution in [0.4, 0.5) is 5.69 Å². The number of aromatic hydroxyl groups is 1. The fraction of sp³-hybridized carbons (Fsp3) is 0.222. The highest BCUT2D eigenvalue weighted by Crippen LogP contribution is 2.22. The largest absolute Gasteiger partial charge is 0.508 e. The molecule has 0 bridgehead atoms. The zero-order chi connectivity index (χ0) is 16.8. The van der Waals surface area contributed by atoms with Crippen molar-refractivity contribution in [3.63, 3.8) is 0 Å². The number of carbonyl (C=O) groups excluding carboxylic acids is 2. The van der Waals surface area contributed by atoms with Crippen molar-refractivity contribution >= 4 is 17.4 Å². The molecule has 120 valence electrons. The van der Waals surface area contributed by atoms with E-state index < -0.39 is 0 Å². The number of benzene rings is 2. The van der Waals surface area contributed by atoms with Gasteiger partial charge in [-0.1, -0.05) is 11.6 Å². The van der Waals surface area contributed by atoms with Gasteiger partial charge in [-0.3, -0.25) is 9.59 Å². The molecule has 0 aliphatic heterocycles. The van der Waals surface area contributed by atoms with E-state index >= 15 is 0 Å². The Morgan fingerprint density at radius 2 is 1.78 bits per heavy atom. The molecule has 2 aromatic rings. The van der Waals surface area contributed by atoms with E-state index in [1.807, 2.05) is 13.0 Å². The minimum absolute atomic E-state index is 0.0802. The van der Waals surface area contributed by atoms with Crippen LogP contribution in [0, 0.1) is 6.92 Å². The summed E-state index contributed by atoms with van der Waals surface area (Å²) in [6.45, 7) is 1.90. The summed E-state index contributed by atoms with van der Waals surface area (Å²) in [6, 6.07) is 11.5. The summed E-state index contributed by atoms with van der Waals surface area (Å²) in [5.74, 6) is 0.256. The summed E-state index contributed by atoms with van der Waals surface area (Å²) in [4.78, 5) is 24.2. The van der Waals surface area contributed by atoms with Gasteiger partial charge >= 0.3 is 0 Å². The Bertz CT molecular complexity index is 707. The number of nitrogens with one attached hydrogen (secondary N) is 1. The number of carbonyl (C=O) groups is 2. The highest BCUT2D eigenvalue weighted by molar-refractivity contribution is 6.01. The Balaban J connectivity index is 1.95. The maximum atomic E-state index is 12.3. The molecule has 0 spiro atoms. The molecule has 0 saturated heterocycles. The number of phenolic OH excluding ortho intramolecular Hbond substituents is 1. The highest BCUT2D eigenvalue weighted by Gasteiger charge is 2.14. The zero-order valence-corrected chi connectivity index (χ0v) is 13.1. The number of amides is 1. The first-order chi connectivity index (χ1) is 11.0. The number of Topliss-reactive ketones (excluding diaryl/α,β-unsaturated/α-hetero) is 1. The van der Waals surface area contributed by atoms with Crippen molar-refractivity contribution in [2.45, 2.75) is 19.8 Å². The molecule has 5 nitrogen and oxygen atoms in total. The highest BCUT2D eigenvalue weighted by atomic mass is 16.5. The monoisotopic (exact) mass is 313 g/mol. The molecule has 0 saturated carbocycles. The molecule has 0 heterocycles. The molecule has 1 amide bonds. The van der Waals surface area contributed by atoms with E-state index in [9.17, 15) is 14.7 Å². The van der Waals surface area contributed by atoms with Gasteiger partial charge in [0.1, 0.15) is 11.5 Å². The normalized spacial score (nSPS) is 10.2. The van der Waals surface area contributed by atoms with Crippen LogP contribution in [0.2, 0.25) is 0 Å². The number of phenols is 1. The Kier molecular flexibility index (Phi) is 5.36. The fourth-order valence-electron chi connectivity index (χ4n) is 2.17. The third-order valence-corrected chi connectivity index (χ3v) is 3.39. The van der Waals surface area contributed by atoms with E-state index in [1.165, 1.54) is 19.2 Å². The first-order valence-electron chi connectivity index (χ1n) is 7.26. The average Bonchev–Trinajstić information content (AvgIpc) is 2.54. The van der Waals surface area contributed by atoms with Crippen LogP contribution in [0.5, 0.6) is 11.5 Å². The van der Waals surface area contributed by atoms with E-state index in [1.54, 1.807) is 24.3 Å². The summed E-state index contributed by atoms with van der Waals surface area (Å²) in [6.07, 6.45) is 0.181. The zero-order valence-electron chi connectivity index (χ0n) is 13.1.